The minimum Gasteiger partial charge on any atom is -0.465 e. The summed E-state index contributed by atoms with van der Waals surface area (Å²) in [7, 11) is -13.0. The molecule has 2 aliphatic heterocycles. The highest BCUT2D eigenvalue weighted by molar-refractivity contribution is 6.87. The molecule has 2 rings (SSSR count). The Hall–Kier alpha value is 0.549. The zero-order valence-electron chi connectivity index (χ0n) is 38.5. The molecule has 0 aromatic carbocycles. The van der Waals surface area contributed by atoms with Crippen LogP contribution < -0.4 is 0 Å². The van der Waals surface area contributed by atoms with Crippen molar-refractivity contribution in [1.29, 1.82) is 0 Å². The molecule has 7 unspecified atom stereocenters. The first-order valence-corrected chi connectivity index (χ1v) is 42.8. The van der Waals surface area contributed by atoms with Crippen molar-refractivity contribution in [2.24, 2.45) is 11.8 Å². The molecule has 344 valence electrons. The smallest absolute Gasteiger partial charge is 0.465 e. The van der Waals surface area contributed by atoms with E-state index < -0.39 is 89.0 Å². The molecule has 0 bridgehead atoms. The lowest BCUT2D eigenvalue weighted by atomic mass is 10.2. The van der Waals surface area contributed by atoms with Crippen LogP contribution in [-0.4, -0.2) is 157 Å². The van der Waals surface area contributed by atoms with E-state index in [-0.39, 0.29) is 37.0 Å². The van der Waals surface area contributed by atoms with Gasteiger partial charge in [0, 0.05) is 66.8 Å². The van der Waals surface area contributed by atoms with Gasteiger partial charge in [0.15, 0.2) is 0 Å². The predicted molar refractivity (Wildman–Crippen MR) is 241 cm³/mol. The Bertz CT molecular complexity index is 1190. The fourth-order valence-corrected chi connectivity index (χ4v) is 44.2. The summed E-state index contributed by atoms with van der Waals surface area (Å²) in [6.07, 6.45) is 1.22. The Morgan fingerprint density at radius 1 is 0.517 bits per heavy atom. The third kappa shape index (κ3) is 20.4. The van der Waals surface area contributed by atoms with E-state index in [0.29, 0.717) is 37.0 Å². The second-order valence-electron chi connectivity index (χ2n) is 15.6. The predicted octanol–water partition coefficient (Wildman–Crippen LogP) is 3.98. The van der Waals surface area contributed by atoms with E-state index in [0.717, 1.165) is 0 Å². The average Bonchev–Trinajstić information content (AvgIpc) is 3.09. The minimum atomic E-state index is -2.64. The topological polar surface area (TPSA) is 182 Å². The monoisotopic (exact) mass is 1000 g/mol. The van der Waals surface area contributed by atoms with Gasteiger partial charge in [-0.15, -0.1) is 0 Å². The highest BCUT2D eigenvalue weighted by atomic mass is 28.5. The third-order valence-electron chi connectivity index (χ3n) is 9.21. The first kappa shape index (κ1) is 56.6. The van der Waals surface area contributed by atoms with Crippen molar-refractivity contribution < 1.29 is 78.5 Å². The minimum absolute atomic E-state index is 0.257. The highest BCUT2D eigenvalue weighted by Crippen LogP contribution is 2.30. The van der Waals surface area contributed by atoms with Crippen molar-refractivity contribution in [3.63, 3.8) is 0 Å². The van der Waals surface area contributed by atoms with Gasteiger partial charge in [0.1, 0.15) is 0 Å². The second kappa shape index (κ2) is 25.7. The maximum atomic E-state index is 12.5. The summed E-state index contributed by atoms with van der Waals surface area (Å²) >= 11 is 0. The summed E-state index contributed by atoms with van der Waals surface area (Å²) in [4.78, 5) is 25.0. The SMILES string of the molecule is CO[Si](CCCOC(=O)C(C)C[Si]1(C)O[SiH](C)O[SiH](C)O[Si](C)(C)O1)(OC)OC.CO[Si](CCCOC(=O)C(C)C[Si]1(C)O[SiH](C)O[Si](C)(C)O[SiH](C)O1)(OC)OC. The molecule has 0 N–H and O–H groups in total. The van der Waals surface area contributed by atoms with Crippen molar-refractivity contribution >= 4 is 101 Å². The number of rotatable bonds is 20. The molecule has 0 radical (unpaired) electrons. The van der Waals surface area contributed by atoms with Crippen molar-refractivity contribution in [1.82, 2.24) is 0 Å². The molecule has 0 spiro atoms. The van der Waals surface area contributed by atoms with Gasteiger partial charge < -0.3 is 69.0 Å². The fraction of sp³-hybridized carbons (Fsp3) is 0.933. The van der Waals surface area contributed by atoms with Crippen LogP contribution in [0.25, 0.3) is 0 Å². The Kier molecular flexibility index (Phi) is 25.1. The number of hydrogen-bond acceptors (Lipinski definition) is 18. The first-order chi connectivity index (χ1) is 26.8. The molecule has 0 aromatic rings. The van der Waals surface area contributed by atoms with Gasteiger partial charge in [0.25, 0.3) is 18.6 Å². The summed E-state index contributed by atoms with van der Waals surface area (Å²) in [6, 6.07) is 2.19. The lowest BCUT2D eigenvalue weighted by molar-refractivity contribution is -0.148. The summed E-state index contributed by atoms with van der Waals surface area (Å²) in [5.74, 6) is -1.17. The van der Waals surface area contributed by atoms with Gasteiger partial charge in [-0.05, 0) is 78.3 Å². The van der Waals surface area contributed by atoms with E-state index in [9.17, 15) is 9.59 Å². The van der Waals surface area contributed by atoms with Crippen molar-refractivity contribution in [2.45, 2.75) is 116 Å². The standard InChI is InChI=1S/2C15H38O9Si5/c1-14(15(16)20-11-10-12-29(17-2,18-3)19-4)13-28(9)23-25(5)21-27(7,8)22-26(6)24-28;1-14(15(16)20-11-10-12-29(17-2,18-3)19-4)13-28(9)23-26(6)21-25(5)22-27(7,8)24-28/h2*14,25-26H,10-13H2,1-9H3. The number of ether oxygens (including phenoxy) is 2. The third-order valence-corrected chi connectivity index (χ3v) is 45.1. The molecule has 0 amide bonds. The lowest BCUT2D eigenvalue weighted by Crippen LogP contribution is -2.58. The molecule has 2 saturated heterocycles. The Morgan fingerprint density at radius 3 is 1.22 bits per heavy atom. The molecule has 0 saturated carbocycles. The second-order valence-corrected chi connectivity index (χ2v) is 44.9. The maximum absolute atomic E-state index is 12.5. The van der Waals surface area contributed by atoms with Crippen LogP contribution in [0.15, 0.2) is 0 Å². The number of hydrogen-bond donors (Lipinski definition) is 0. The van der Waals surface area contributed by atoms with E-state index in [1.807, 2.05) is 79.3 Å². The van der Waals surface area contributed by atoms with Gasteiger partial charge in [-0.3, -0.25) is 9.59 Å². The summed E-state index contributed by atoms with van der Waals surface area (Å²) < 4.78 is 92.8. The number of carbonyl (C=O) groups is 2. The molecule has 2 aliphatic rings. The molecule has 28 heteroatoms. The van der Waals surface area contributed by atoms with Crippen molar-refractivity contribution in [2.75, 3.05) is 55.9 Å². The number of carbonyl (C=O) groups excluding carboxylic acids is 2. The van der Waals surface area contributed by atoms with Crippen LogP contribution in [-0.2, 0) is 78.5 Å². The van der Waals surface area contributed by atoms with Crippen LogP contribution in [0.5, 0.6) is 0 Å². The van der Waals surface area contributed by atoms with Crippen LogP contribution in [0.4, 0.5) is 0 Å². The van der Waals surface area contributed by atoms with Gasteiger partial charge in [0.2, 0.25) is 0 Å². The van der Waals surface area contributed by atoms with Crippen molar-refractivity contribution in [3.05, 3.63) is 0 Å². The van der Waals surface area contributed by atoms with Crippen LogP contribution in [0.3, 0.4) is 0 Å². The molecule has 58 heavy (non-hydrogen) atoms. The first-order valence-electron chi connectivity index (χ1n) is 19.9. The zero-order chi connectivity index (χ0) is 44.6. The van der Waals surface area contributed by atoms with E-state index in [1.165, 1.54) is 0 Å². The van der Waals surface area contributed by atoms with E-state index in [1.54, 1.807) is 42.7 Å². The Balaban J connectivity index is 0.000000580. The molecule has 0 aliphatic carbocycles. The Labute approximate surface area is 361 Å². The molecular formula is C30H76O18Si10. The van der Waals surface area contributed by atoms with E-state index in [4.69, 9.17) is 69.0 Å². The van der Waals surface area contributed by atoms with Crippen molar-refractivity contribution in [3.8, 4) is 0 Å². The lowest BCUT2D eigenvalue weighted by Gasteiger charge is -2.41. The largest absolute Gasteiger partial charge is 0.500 e. The van der Waals surface area contributed by atoms with Crippen LogP contribution in [0, 0.1) is 11.8 Å². The van der Waals surface area contributed by atoms with Crippen LogP contribution >= 0.6 is 0 Å². The van der Waals surface area contributed by atoms with Gasteiger partial charge >= 0.3 is 82.4 Å². The summed E-state index contributed by atoms with van der Waals surface area (Å²) in [6.45, 7) is 24.3. The molecule has 0 aromatic heterocycles. The zero-order valence-corrected chi connectivity index (χ0v) is 49.1. The number of esters is 2. The molecule has 2 heterocycles. The Morgan fingerprint density at radius 2 is 0.845 bits per heavy atom. The van der Waals surface area contributed by atoms with Gasteiger partial charge in [-0.1, -0.05) is 13.8 Å². The van der Waals surface area contributed by atoms with Gasteiger partial charge in [0.05, 0.1) is 25.0 Å². The summed E-state index contributed by atoms with van der Waals surface area (Å²) in [5.41, 5.74) is 0. The fourth-order valence-electron chi connectivity index (χ4n) is 7.03. The van der Waals surface area contributed by atoms with E-state index in [2.05, 4.69) is 0 Å². The van der Waals surface area contributed by atoms with Gasteiger partial charge in [-0.2, -0.15) is 0 Å². The normalized spacial score (nSPS) is 29.0. The maximum Gasteiger partial charge on any atom is 0.500 e. The molecule has 7 atom stereocenters. The summed E-state index contributed by atoms with van der Waals surface area (Å²) in [5, 5.41) is 0. The highest BCUT2D eigenvalue weighted by Gasteiger charge is 2.48. The average molecular weight is 1010 g/mol. The van der Waals surface area contributed by atoms with E-state index >= 15 is 0 Å². The van der Waals surface area contributed by atoms with Crippen LogP contribution in [0.2, 0.25) is 89.6 Å². The van der Waals surface area contributed by atoms with Gasteiger partial charge in [-0.25, -0.2) is 0 Å². The quantitative estimate of drug-likeness (QED) is 0.0970. The van der Waals surface area contributed by atoms with Crippen LogP contribution in [0.1, 0.15) is 26.7 Å². The molecular weight excluding hydrogens is 929 g/mol. The molecule has 18 nitrogen and oxygen atoms in total. The molecule has 2 fully saturated rings.